The van der Waals surface area contributed by atoms with Crippen LogP contribution in [0, 0.1) is 5.92 Å². The molecule has 1 N–H and O–H groups in total. The lowest BCUT2D eigenvalue weighted by molar-refractivity contribution is 0.0883. The number of benzene rings is 1. The summed E-state index contributed by atoms with van der Waals surface area (Å²) in [5.41, 5.74) is 0.535. The predicted molar refractivity (Wildman–Crippen MR) is 88.9 cm³/mol. The third kappa shape index (κ3) is 3.95. The maximum atomic E-state index is 12.8. The number of ketones is 1. The van der Waals surface area contributed by atoms with Gasteiger partial charge in [0.1, 0.15) is 0 Å². The van der Waals surface area contributed by atoms with E-state index in [1.165, 1.54) is 7.11 Å². The second kappa shape index (κ2) is 8.17. The molecule has 1 unspecified atom stereocenters. The molecule has 1 fully saturated rings. The Hall–Kier alpha value is -1.79. The normalized spacial score (nSPS) is 16.7. The molecule has 1 aromatic carbocycles. The van der Waals surface area contributed by atoms with E-state index in [2.05, 4.69) is 10.2 Å². The standard InChI is InChI=1S/C17H26N2O4/c1-12(11-19-9-7-18-8-10-19)15(20)13-5-6-14(21-2)17(23-4)16(13)22-3/h5-6,12,18H,7-11H2,1-4H3. The lowest BCUT2D eigenvalue weighted by Crippen LogP contribution is -2.45. The molecular weight excluding hydrogens is 296 g/mol. The third-order valence-corrected chi connectivity index (χ3v) is 4.16. The highest BCUT2D eigenvalue weighted by atomic mass is 16.5. The fraction of sp³-hybridized carbons (Fsp3) is 0.588. The van der Waals surface area contributed by atoms with Crippen LogP contribution in [0.2, 0.25) is 0 Å². The number of hydrogen-bond donors (Lipinski definition) is 1. The average Bonchev–Trinajstić information content (AvgIpc) is 2.60. The zero-order valence-electron chi connectivity index (χ0n) is 14.3. The van der Waals surface area contributed by atoms with Crippen LogP contribution in [0.4, 0.5) is 0 Å². The number of methoxy groups -OCH3 is 3. The Kier molecular flexibility index (Phi) is 6.24. The molecule has 0 aromatic heterocycles. The molecule has 0 radical (unpaired) electrons. The molecule has 0 spiro atoms. The lowest BCUT2D eigenvalue weighted by atomic mass is 9.97. The Morgan fingerprint density at radius 2 is 1.78 bits per heavy atom. The number of nitrogens with one attached hydrogen (secondary N) is 1. The number of carbonyl (C=O) groups excluding carboxylic acids is 1. The van der Waals surface area contributed by atoms with Crippen LogP contribution in [0.3, 0.4) is 0 Å². The van der Waals surface area contributed by atoms with Gasteiger partial charge in [0.05, 0.1) is 26.9 Å². The molecule has 1 saturated heterocycles. The van der Waals surface area contributed by atoms with Crippen molar-refractivity contribution in [2.75, 3.05) is 54.1 Å². The van der Waals surface area contributed by atoms with Gasteiger partial charge in [-0.3, -0.25) is 4.79 Å². The number of ether oxygens (including phenoxy) is 3. The van der Waals surface area contributed by atoms with Gasteiger partial charge in [-0.2, -0.15) is 0 Å². The Bertz CT molecular complexity index is 542. The summed E-state index contributed by atoms with van der Waals surface area (Å²) in [5.74, 6) is 1.39. The fourth-order valence-corrected chi connectivity index (χ4v) is 2.92. The fourth-order valence-electron chi connectivity index (χ4n) is 2.92. The van der Waals surface area contributed by atoms with Crippen LogP contribution in [0.15, 0.2) is 12.1 Å². The van der Waals surface area contributed by atoms with Gasteiger partial charge in [-0.05, 0) is 12.1 Å². The second-order valence-electron chi connectivity index (χ2n) is 5.70. The third-order valence-electron chi connectivity index (χ3n) is 4.16. The predicted octanol–water partition coefficient (Wildman–Crippen LogP) is 1.44. The summed E-state index contributed by atoms with van der Waals surface area (Å²) in [6, 6.07) is 3.49. The molecule has 6 nitrogen and oxygen atoms in total. The summed E-state index contributed by atoms with van der Waals surface area (Å²) < 4.78 is 16.0. The first-order chi connectivity index (χ1) is 11.1. The van der Waals surface area contributed by atoms with Gasteiger partial charge in [0.25, 0.3) is 0 Å². The Morgan fingerprint density at radius 3 is 2.35 bits per heavy atom. The van der Waals surface area contributed by atoms with E-state index in [-0.39, 0.29) is 11.7 Å². The first-order valence-electron chi connectivity index (χ1n) is 7.88. The number of hydrogen-bond acceptors (Lipinski definition) is 6. The van der Waals surface area contributed by atoms with Crippen molar-refractivity contribution in [2.45, 2.75) is 6.92 Å². The molecule has 1 aliphatic heterocycles. The highest BCUT2D eigenvalue weighted by Gasteiger charge is 2.25. The van der Waals surface area contributed by atoms with Gasteiger partial charge in [-0.1, -0.05) is 6.92 Å². The van der Waals surface area contributed by atoms with E-state index in [4.69, 9.17) is 14.2 Å². The minimum atomic E-state index is -0.111. The summed E-state index contributed by atoms with van der Waals surface area (Å²) in [4.78, 5) is 15.2. The van der Waals surface area contributed by atoms with Crippen LogP contribution >= 0.6 is 0 Å². The minimum absolute atomic E-state index is 0.0568. The molecule has 1 heterocycles. The molecular formula is C17H26N2O4. The first kappa shape index (κ1) is 17.6. The SMILES string of the molecule is COc1ccc(C(=O)C(C)CN2CCNCC2)c(OC)c1OC. The van der Waals surface area contributed by atoms with Crippen LogP contribution in [0.1, 0.15) is 17.3 Å². The zero-order valence-corrected chi connectivity index (χ0v) is 14.3. The van der Waals surface area contributed by atoms with Crippen molar-refractivity contribution >= 4 is 5.78 Å². The van der Waals surface area contributed by atoms with Gasteiger partial charge in [0.2, 0.25) is 5.75 Å². The largest absolute Gasteiger partial charge is 0.493 e. The minimum Gasteiger partial charge on any atom is -0.493 e. The quantitative estimate of drug-likeness (QED) is 0.767. The average molecular weight is 322 g/mol. The van der Waals surface area contributed by atoms with Gasteiger partial charge in [-0.15, -0.1) is 0 Å². The van der Waals surface area contributed by atoms with E-state index >= 15 is 0 Å². The van der Waals surface area contributed by atoms with Crippen molar-refractivity contribution in [1.82, 2.24) is 10.2 Å². The van der Waals surface area contributed by atoms with Gasteiger partial charge >= 0.3 is 0 Å². The number of nitrogens with zero attached hydrogens (tertiary/aromatic N) is 1. The van der Waals surface area contributed by atoms with Crippen molar-refractivity contribution in [1.29, 1.82) is 0 Å². The van der Waals surface area contributed by atoms with Gasteiger partial charge in [-0.25, -0.2) is 0 Å². The van der Waals surface area contributed by atoms with Crippen LogP contribution in [-0.4, -0.2) is 64.7 Å². The summed E-state index contributed by atoms with van der Waals surface area (Å²) in [7, 11) is 4.64. The Morgan fingerprint density at radius 1 is 1.13 bits per heavy atom. The van der Waals surface area contributed by atoms with E-state index in [0.717, 1.165) is 32.7 Å². The summed E-state index contributed by atoms with van der Waals surface area (Å²) in [5, 5.41) is 3.32. The van der Waals surface area contributed by atoms with E-state index < -0.39 is 0 Å². The van der Waals surface area contributed by atoms with Crippen molar-refractivity contribution in [3.8, 4) is 17.2 Å². The lowest BCUT2D eigenvalue weighted by Gasteiger charge is -2.29. The highest BCUT2D eigenvalue weighted by Crippen LogP contribution is 2.40. The Balaban J connectivity index is 2.20. The van der Waals surface area contributed by atoms with Crippen molar-refractivity contribution in [3.63, 3.8) is 0 Å². The first-order valence-corrected chi connectivity index (χ1v) is 7.88. The summed E-state index contributed by atoms with van der Waals surface area (Å²) in [6.45, 7) is 6.60. The topological polar surface area (TPSA) is 60.0 Å². The zero-order chi connectivity index (χ0) is 16.8. The van der Waals surface area contributed by atoms with Gasteiger partial charge in [0.15, 0.2) is 17.3 Å². The molecule has 0 aliphatic carbocycles. The van der Waals surface area contributed by atoms with Crippen LogP contribution < -0.4 is 19.5 Å². The molecule has 0 amide bonds. The second-order valence-corrected chi connectivity index (χ2v) is 5.70. The monoisotopic (exact) mass is 322 g/mol. The molecule has 1 aromatic rings. The maximum absolute atomic E-state index is 12.8. The van der Waals surface area contributed by atoms with Gasteiger partial charge < -0.3 is 24.4 Å². The number of carbonyl (C=O) groups is 1. The summed E-state index contributed by atoms with van der Waals surface area (Å²) in [6.07, 6.45) is 0. The van der Waals surface area contributed by atoms with Crippen molar-refractivity contribution in [2.24, 2.45) is 5.92 Å². The number of piperazine rings is 1. The Labute approximate surface area is 137 Å². The van der Waals surface area contributed by atoms with Crippen molar-refractivity contribution < 1.29 is 19.0 Å². The molecule has 23 heavy (non-hydrogen) atoms. The summed E-state index contributed by atoms with van der Waals surface area (Å²) >= 11 is 0. The molecule has 1 aliphatic rings. The molecule has 6 heteroatoms. The molecule has 0 saturated carbocycles. The smallest absolute Gasteiger partial charge is 0.204 e. The van der Waals surface area contributed by atoms with E-state index in [1.807, 2.05) is 6.92 Å². The highest BCUT2D eigenvalue weighted by molar-refractivity contribution is 6.01. The van der Waals surface area contributed by atoms with Gasteiger partial charge in [0, 0.05) is 38.6 Å². The van der Waals surface area contributed by atoms with E-state index in [9.17, 15) is 4.79 Å². The number of Topliss-reactive ketones (excluding diaryl/α,β-unsaturated/α-hetero) is 1. The van der Waals surface area contributed by atoms with Crippen LogP contribution in [-0.2, 0) is 0 Å². The number of rotatable bonds is 7. The van der Waals surface area contributed by atoms with E-state index in [0.29, 0.717) is 22.8 Å². The van der Waals surface area contributed by atoms with E-state index in [1.54, 1.807) is 26.4 Å². The molecule has 128 valence electrons. The maximum Gasteiger partial charge on any atom is 0.204 e. The van der Waals surface area contributed by atoms with Crippen LogP contribution in [0.5, 0.6) is 17.2 Å². The molecule has 1 atom stereocenters. The van der Waals surface area contributed by atoms with Crippen molar-refractivity contribution in [3.05, 3.63) is 17.7 Å². The molecule has 2 rings (SSSR count). The molecule has 0 bridgehead atoms. The van der Waals surface area contributed by atoms with Crippen LogP contribution in [0.25, 0.3) is 0 Å².